The number of carbonyl (C=O) groups is 1. The second-order valence-electron chi connectivity index (χ2n) is 6.07. The van der Waals surface area contributed by atoms with Gasteiger partial charge in [0.05, 0.1) is 6.61 Å². The van der Waals surface area contributed by atoms with E-state index >= 15 is 0 Å². The third-order valence-corrected chi connectivity index (χ3v) is 4.71. The first-order valence-electron chi connectivity index (χ1n) is 7.64. The third-order valence-electron chi connectivity index (χ3n) is 3.77. The van der Waals surface area contributed by atoms with Crippen molar-refractivity contribution in [2.75, 3.05) is 6.61 Å². The molecule has 0 fully saturated rings. The quantitative estimate of drug-likeness (QED) is 0.114. The highest BCUT2D eigenvalue weighted by molar-refractivity contribution is 14.1. The lowest BCUT2D eigenvalue weighted by molar-refractivity contribution is -0.461. The van der Waals surface area contributed by atoms with Crippen LogP contribution in [0.2, 0.25) is 0 Å². The van der Waals surface area contributed by atoms with Crippen molar-refractivity contribution in [1.29, 1.82) is 0 Å². The van der Waals surface area contributed by atoms with Crippen LogP contribution in [0.5, 0.6) is 0 Å². The van der Waals surface area contributed by atoms with Gasteiger partial charge in [-0.25, -0.2) is 0 Å². The van der Waals surface area contributed by atoms with E-state index in [-0.39, 0.29) is 0 Å². The minimum absolute atomic E-state index is 0.541. The van der Waals surface area contributed by atoms with Gasteiger partial charge in [-0.1, -0.05) is 22.6 Å². The van der Waals surface area contributed by atoms with Crippen LogP contribution in [-0.2, 0) is 9.53 Å². The molecule has 0 aliphatic heterocycles. The normalized spacial score (nSPS) is 16.6. The number of hydrogen-bond acceptors (Lipinski definition) is 2. The van der Waals surface area contributed by atoms with E-state index in [1.807, 2.05) is 0 Å². The number of rotatable bonds is 10. The van der Waals surface area contributed by atoms with Gasteiger partial charge in [0.25, 0.3) is 0 Å². The molecule has 20 heteroatoms. The van der Waals surface area contributed by atoms with Crippen LogP contribution in [0.3, 0.4) is 0 Å². The standard InChI is InChI=1S/C13H8F17IO2/c1-2-33-5(32)4(31)3-6(14,15)7(16,17)8(18,19)9(20,21)10(22,23)11(24,25)12(26,27)13(28,29)30/h4H,2-3H2,1H3. The fraction of sp³-hybridized carbons (Fsp3) is 0.923. The number of halogens is 18. The summed E-state index contributed by atoms with van der Waals surface area (Å²) in [4.78, 5) is 11.1. The number of ether oxygens (including phenoxy) is 1. The Bertz CT molecular complexity index is 714. The maximum Gasteiger partial charge on any atom is 0.460 e. The van der Waals surface area contributed by atoms with Crippen molar-refractivity contribution in [3.63, 3.8) is 0 Å². The van der Waals surface area contributed by atoms with E-state index in [0.717, 1.165) is 6.92 Å². The smallest absolute Gasteiger partial charge is 0.460 e. The van der Waals surface area contributed by atoms with Crippen LogP contribution in [0.15, 0.2) is 0 Å². The van der Waals surface area contributed by atoms with E-state index in [1.54, 1.807) is 0 Å². The Kier molecular flexibility index (Phi) is 8.64. The topological polar surface area (TPSA) is 26.3 Å². The second-order valence-corrected chi connectivity index (χ2v) is 7.58. The molecule has 0 aliphatic rings. The molecule has 0 bridgehead atoms. The highest BCUT2D eigenvalue weighted by Gasteiger charge is 2.95. The monoisotopic (exact) mass is 646 g/mol. The van der Waals surface area contributed by atoms with Crippen LogP contribution in [0, 0.1) is 0 Å². The van der Waals surface area contributed by atoms with Crippen LogP contribution in [0.25, 0.3) is 0 Å². The lowest BCUT2D eigenvalue weighted by Gasteiger charge is -2.43. The number of hydrogen-bond donors (Lipinski definition) is 0. The second kappa shape index (κ2) is 8.90. The molecule has 0 aromatic rings. The minimum atomic E-state index is -8.67. The average Bonchev–Trinajstić information content (AvgIpc) is 2.59. The van der Waals surface area contributed by atoms with Crippen molar-refractivity contribution in [2.24, 2.45) is 0 Å². The molecule has 0 radical (unpaired) electrons. The summed E-state index contributed by atoms with van der Waals surface area (Å²) in [7, 11) is 0. The predicted molar refractivity (Wildman–Crippen MR) is 79.7 cm³/mol. The predicted octanol–water partition coefficient (Wildman–Crippen LogP) is 6.75. The van der Waals surface area contributed by atoms with Gasteiger partial charge < -0.3 is 4.74 Å². The van der Waals surface area contributed by atoms with Gasteiger partial charge in [0.15, 0.2) is 0 Å². The van der Waals surface area contributed by atoms with E-state index in [9.17, 15) is 79.4 Å². The molecule has 0 saturated carbocycles. The average molecular weight is 646 g/mol. The summed E-state index contributed by atoms with van der Waals surface area (Å²) in [5, 5.41) is 0. The van der Waals surface area contributed by atoms with Crippen molar-refractivity contribution in [2.45, 2.75) is 64.9 Å². The minimum Gasteiger partial charge on any atom is -0.465 e. The lowest BCUT2D eigenvalue weighted by atomic mass is 9.88. The van der Waals surface area contributed by atoms with Crippen molar-refractivity contribution in [1.82, 2.24) is 0 Å². The highest BCUT2D eigenvalue weighted by Crippen LogP contribution is 2.64. The Hall–Kier alpha value is -0.990. The molecule has 198 valence electrons. The fourth-order valence-electron chi connectivity index (χ4n) is 1.87. The molecule has 1 unspecified atom stereocenters. The summed E-state index contributed by atoms with van der Waals surface area (Å²) in [6.07, 6.45) is -10.7. The van der Waals surface area contributed by atoms with Crippen LogP contribution < -0.4 is 0 Å². The van der Waals surface area contributed by atoms with E-state index in [2.05, 4.69) is 4.74 Å². The van der Waals surface area contributed by atoms with Crippen LogP contribution in [0.4, 0.5) is 74.6 Å². The molecular formula is C13H8F17IO2. The Morgan fingerprint density at radius 2 is 0.939 bits per heavy atom. The van der Waals surface area contributed by atoms with Crippen molar-refractivity contribution in [3.05, 3.63) is 0 Å². The van der Waals surface area contributed by atoms with Crippen LogP contribution in [-0.4, -0.2) is 64.1 Å². The van der Waals surface area contributed by atoms with Gasteiger partial charge in [0, 0.05) is 6.42 Å². The summed E-state index contributed by atoms with van der Waals surface area (Å²) in [5.41, 5.74) is 0. The molecule has 0 saturated heterocycles. The van der Waals surface area contributed by atoms with Crippen LogP contribution >= 0.6 is 22.6 Å². The lowest BCUT2D eigenvalue weighted by Crippen LogP contribution is -2.74. The SMILES string of the molecule is CCOC(=O)C(I)CC(F)(F)C(F)(F)C(F)(F)C(F)(F)C(F)(F)C(F)(F)C(F)(F)C(F)(F)F. The van der Waals surface area contributed by atoms with Gasteiger partial charge in [-0.3, -0.25) is 4.79 Å². The molecule has 0 N–H and O–H groups in total. The summed E-state index contributed by atoms with van der Waals surface area (Å²) in [5.74, 6) is -58.7. The summed E-state index contributed by atoms with van der Waals surface area (Å²) in [6.45, 7) is 0.422. The van der Waals surface area contributed by atoms with E-state index < -0.39 is 70.6 Å². The molecule has 33 heavy (non-hydrogen) atoms. The van der Waals surface area contributed by atoms with Crippen molar-refractivity contribution >= 4 is 28.6 Å². The summed E-state index contributed by atoms with van der Waals surface area (Å²) >= 11 is 0.541. The Labute approximate surface area is 184 Å². The van der Waals surface area contributed by atoms with E-state index in [1.165, 1.54) is 0 Å². The fourth-order valence-corrected chi connectivity index (χ4v) is 2.60. The van der Waals surface area contributed by atoms with Gasteiger partial charge in [0.1, 0.15) is 3.92 Å². The van der Waals surface area contributed by atoms with Gasteiger partial charge in [-0.05, 0) is 6.92 Å². The van der Waals surface area contributed by atoms with Gasteiger partial charge >= 0.3 is 53.6 Å². The summed E-state index contributed by atoms with van der Waals surface area (Å²) < 4.78 is 224. The highest BCUT2D eigenvalue weighted by atomic mass is 127. The number of esters is 1. The third kappa shape index (κ3) is 4.76. The van der Waals surface area contributed by atoms with E-state index in [4.69, 9.17) is 0 Å². The van der Waals surface area contributed by atoms with Crippen molar-refractivity contribution in [3.8, 4) is 0 Å². The van der Waals surface area contributed by atoms with Gasteiger partial charge in [0.2, 0.25) is 0 Å². The molecule has 1 atom stereocenters. The zero-order chi connectivity index (χ0) is 27.3. The Balaban J connectivity index is 6.56. The first-order chi connectivity index (χ1) is 14.1. The molecule has 0 heterocycles. The molecular weight excluding hydrogens is 638 g/mol. The summed E-state index contributed by atoms with van der Waals surface area (Å²) in [6, 6.07) is 0. The number of carbonyl (C=O) groups excluding carboxylic acids is 1. The molecule has 0 amide bonds. The largest absolute Gasteiger partial charge is 0.465 e. The van der Waals surface area contributed by atoms with Crippen molar-refractivity contribution < 1.29 is 84.2 Å². The molecule has 0 aliphatic carbocycles. The molecule has 0 spiro atoms. The Morgan fingerprint density at radius 3 is 1.24 bits per heavy atom. The van der Waals surface area contributed by atoms with Gasteiger partial charge in [-0.15, -0.1) is 0 Å². The number of alkyl halides is 18. The Morgan fingerprint density at radius 1 is 0.636 bits per heavy atom. The maximum atomic E-state index is 13.7. The molecule has 0 aromatic heterocycles. The zero-order valence-corrected chi connectivity index (χ0v) is 17.3. The first-order valence-corrected chi connectivity index (χ1v) is 8.88. The maximum absolute atomic E-state index is 13.7. The van der Waals surface area contributed by atoms with Crippen LogP contribution in [0.1, 0.15) is 13.3 Å². The first kappa shape index (κ1) is 32.0. The zero-order valence-electron chi connectivity index (χ0n) is 15.1. The molecule has 0 rings (SSSR count). The molecule has 0 aromatic carbocycles. The van der Waals surface area contributed by atoms with E-state index in [0.29, 0.717) is 22.6 Å². The van der Waals surface area contributed by atoms with Gasteiger partial charge in [-0.2, -0.15) is 74.6 Å². The molecule has 2 nitrogen and oxygen atoms in total.